The van der Waals surface area contributed by atoms with E-state index in [0.29, 0.717) is 24.7 Å². The van der Waals surface area contributed by atoms with Gasteiger partial charge in [-0.25, -0.2) is 0 Å². The molecule has 1 fully saturated rings. The maximum absolute atomic E-state index is 12.5. The fraction of sp³-hybridized carbons (Fsp3) is 0.500. The van der Waals surface area contributed by atoms with Crippen LogP contribution in [0.3, 0.4) is 0 Å². The van der Waals surface area contributed by atoms with Gasteiger partial charge < -0.3 is 9.42 Å². The Labute approximate surface area is 136 Å². The van der Waals surface area contributed by atoms with E-state index in [2.05, 4.69) is 43.0 Å². The van der Waals surface area contributed by atoms with Crippen molar-refractivity contribution >= 4 is 11.6 Å². The molecule has 1 aromatic carbocycles. The highest BCUT2D eigenvalue weighted by atomic mass is 16.5. The predicted octanol–water partition coefficient (Wildman–Crippen LogP) is 3.64. The van der Waals surface area contributed by atoms with Crippen LogP contribution < -0.4 is 4.90 Å². The molecule has 5 heteroatoms. The second-order valence-electron chi connectivity index (χ2n) is 6.80. The number of hydrogen-bond acceptors (Lipinski definition) is 4. The molecular formula is C18H23N3O2. The van der Waals surface area contributed by atoms with E-state index >= 15 is 0 Å². The smallest absolute Gasteiger partial charge is 0.232 e. The fourth-order valence-corrected chi connectivity index (χ4v) is 3.33. The third kappa shape index (κ3) is 2.87. The number of amides is 1. The minimum Gasteiger partial charge on any atom is -0.339 e. The molecule has 0 aliphatic carbocycles. The molecule has 1 aromatic heterocycles. The zero-order chi connectivity index (χ0) is 16.7. The SMILES string of the molecule is Cc1cc(C)c(N2CC(c3nc(C(C)C)no3)CC2=O)c(C)c1. The van der Waals surface area contributed by atoms with Crippen LogP contribution in [0.5, 0.6) is 0 Å². The van der Waals surface area contributed by atoms with Crippen molar-refractivity contribution in [3.05, 3.63) is 40.5 Å². The first kappa shape index (κ1) is 15.7. The second kappa shape index (κ2) is 5.80. The van der Waals surface area contributed by atoms with E-state index in [-0.39, 0.29) is 17.7 Å². The van der Waals surface area contributed by atoms with Crippen molar-refractivity contribution in [2.45, 2.75) is 52.9 Å². The van der Waals surface area contributed by atoms with Crippen LogP contribution in [0.15, 0.2) is 16.7 Å². The third-order valence-corrected chi connectivity index (χ3v) is 4.35. The van der Waals surface area contributed by atoms with Crippen molar-refractivity contribution in [1.82, 2.24) is 10.1 Å². The highest BCUT2D eigenvalue weighted by Crippen LogP contribution is 2.35. The van der Waals surface area contributed by atoms with E-state index < -0.39 is 0 Å². The van der Waals surface area contributed by atoms with Gasteiger partial charge in [-0.1, -0.05) is 36.7 Å². The van der Waals surface area contributed by atoms with Gasteiger partial charge in [-0.05, 0) is 31.9 Å². The van der Waals surface area contributed by atoms with Gasteiger partial charge in [0.1, 0.15) is 0 Å². The molecule has 1 amide bonds. The second-order valence-corrected chi connectivity index (χ2v) is 6.80. The van der Waals surface area contributed by atoms with Crippen molar-refractivity contribution < 1.29 is 9.32 Å². The number of aryl methyl sites for hydroxylation is 3. The zero-order valence-electron chi connectivity index (χ0n) is 14.4. The van der Waals surface area contributed by atoms with Crippen molar-refractivity contribution in [3.8, 4) is 0 Å². The van der Waals surface area contributed by atoms with E-state index in [1.807, 2.05) is 18.7 Å². The molecule has 1 aliphatic rings. The molecule has 5 nitrogen and oxygen atoms in total. The summed E-state index contributed by atoms with van der Waals surface area (Å²) in [6, 6.07) is 4.24. The van der Waals surface area contributed by atoms with Gasteiger partial charge in [0.05, 0.1) is 5.92 Å². The van der Waals surface area contributed by atoms with Crippen LogP contribution in [0.4, 0.5) is 5.69 Å². The normalized spacial score (nSPS) is 18.3. The van der Waals surface area contributed by atoms with Crippen molar-refractivity contribution in [3.63, 3.8) is 0 Å². The molecule has 0 N–H and O–H groups in total. The number of carbonyl (C=O) groups is 1. The first-order valence-corrected chi connectivity index (χ1v) is 8.08. The molecule has 1 aliphatic heterocycles. The van der Waals surface area contributed by atoms with Crippen LogP contribution in [0, 0.1) is 20.8 Å². The molecule has 1 saturated heterocycles. The average molecular weight is 313 g/mol. The first-order chi connectivity index (χ1) is 10.9. The summed E-state index contributed by atoms with van der Waals surface area (Å²) < 4.78 is 5.38. The number of aromatic nitrogens is 2. The number of benzene rings is 1. The summed E-state index contributed by atoms with van der Waals surface area (Å²) in [5, 5.41) is 4.01. The lowest BCUT2D eigenvalue weighted by atomic mass is 10.0. The molecule has 2 heterocycles. The first-order valence-electron chi connectivity index (χ1n) is 8.08. The average Bonchev–Trinajstić information content (AvgIpc) is 3.05. The van der Waals surface area contributed by atoms with Crippen LogP contribution in [-0.2, 0) is 4.79 Å². The molecule has 0 bridgehead atoms. The molecule has 122 valence electrons. The van der Waals surface area contributed by atoms with Gasteiger partial charge in [0, 0.05) is 24.6 Å². The fourth-order valence-electron chi connectivity index (χ4n) is 3.33. The highest BCUT2D eigenvalue weighted by Gasteiger charge is 2.36. The van der Waals surface area contributed by atoms with Crippen LogP contribution in [0.2, 0.25) is 0 Å². The topological polar surface area (TPSA) is 59.2 Å². The van der Waals surface area contributed by atoms with Gasteiger partial charge in [0.25, 0.3) is 0 Å². The van der Waals surface area contributed by atoms with Crippen molar-refractivity contribution in [1.29, 1.82) is 0 Å². The van der Waals surface area contributed by atoms with Gasteiger partial charge in [-0.2, -0.15) is 4.98 Å². The molecule has 0 spiro atoms. The number of hydrogen-bond donors (Lipinski definition) is 0. The minimum absolute atomic E-state index is 0.0254. The van der Waals surface area contributed by atoms with Crippen LogP contribution in [0.1, 0.15) is 60.5 Å². The quantitative estimate of drug-likeness (QED) is 0.868. The lowest BCUT2D eigenvalue weighted by molar-refractivity contribution is -0.117. The Kier molecular flexibility index (Phi) is 3.96. The monoisotopic (exact) mass is 313 g/mol. The Bertz CT molecular complexity index is 725. The number of anilines is 1. The van der Waals surface area contributed by atoms with Crippen molar-refractivity contribution in [2.75, 3.05) is 11.4 Å². The van der Waals surface area contributed by atoms with Crippen LogP contribution >= 0.6 is 0 Å². The van der Waals surface area contributed by atoms with Crippen LogP contribution in [-0.4, -0.2) is 22.6 Å². The summed E-state index contributed by atoms with van der Waals surface area (Å²) in [6.45, 7) is 10.8. The summed E-state index contributed by atoms with van der Waals surface area (Å²) >= 11 is 0. The maximum Gasteiger partial charge on any atom is 0.232 e. The summed E-state index contributed by atoms with van der Waals surface area (Å²) in [7, 11) is 0. The largest absolute Gasteiger partial charge is 0.339 e. The van der Waals surface area contributed by atoms with Gasteiger partial charge in [-0.3, -0.25) is 4.79 Å². The third-order valence-electron chi connectivity index (χ3n) is 4.35. The number of rotatable bonds is 3. The summed E-state index contributed by atoms with van der Waals surface area (Å²) in [4.78, 5) is 18.9. The lowest BCUT2D eigenvalue weighted by Crippen LogP contribution is -2.26. The Hall–Kier alpha value is -2.17. The zero-order valence-corrected chi connectivity index (χ0v) is 14.4. The molecule has 1 unspecified atom stereocenters. The van der Waals surface area contributed by atoms with E-state index in [4.69, 9.17) is 4.52 Å². The predicted molar refractivity (Wildman–Crippen MR) is 88.8 cm³/mol. The summed E-state index contributed by atoms with van der Waals surface area (Å²) in [5.74, 6) is 1.60. The Morgan fingerprint density at radius 2 is 1.87 bits per heavy atom. The maximum atomic E-state index is 12.5. The minimum atomic E-state index is -0.0254. The lowest BCUT2D eigenvalue weighted by Gasteiger charge is -2.21. The van der Waals surface area contributed by atoms with E-state index in [1.165, 1.54) is 5.56 Å². The molecule has 0 saturated carbocycles. The van der Waals surface area contributed by atoms with E-state index in [9.17, 15) is 4.79 Å². The standard InChI is InChI=1S/C18H23N3O2/c1-10(2)17-19-18(23-20-17)14-8-15(22)21(9-14)16-12(4)6-11(3)7-13(16)5/h6-7,10,14H,8-9H2,1-5H3. The Balaban J connectivity index is 1.88. The summed E-state index contributed by atoms with van der Waals surface area (Å²) in [6.07, 6.45) is 0.423. The van der Waals surface area contributed by atoms with Gasteiger partial charge in [-0.15, -0.1) is 0 Å². The summed E-state index contributed by atoms with van der Waals surface area (Å²) in [5.41, 5.74) is 4.49. The molecule has 3 rings (SSSR count). The van der Waals surface area contributed by atoms with Gasteiger partial charge >= 0.3 is 0 Å². The Morgan fingerprint density at radius 3 is 2.43 bits per heavy atom. The van der Waals surface area contributed by atoms with Crippen LogP contribution in [0.25, 0.3) is 0 Å². The molecule has 23 heavy (non-hydrogen) atoms. The van der Waals surface area contributed by atoms with E-state index in [1.54, 1.807) is 0 Å². The van der Waals surface area contributed by atoms with Gasteiger partial charge in [0.15, 0.2) is 5.82 Å². The van der Waals surface area contributed by atoms with Gasteiger partial charge in [0.2, 0.25) is 11.8 Å². The highest BCUT2D eigenvalue weighted by molar-refractivity contribution is 5.97. The number of nitrogens with zero attached hydrogens (tertiary/aromatic N) is 3. The molecule has 1 atom stereocenters. The molecular weight excluding hydrogens is 290 g/mol. The molecule has 2 aromatic rings. The number of carbonyl (C=O) groups excluding carboxylic acids is 1. The Morgan fingerprint density at radius 1 is 1.22 bits per heavy atom. The molecule has 0 radical (unpaired) electrons. The van der Waals surface area contributed by atoms with Crippen molar-refractivity contribution in [2.24, 2.45) is 0 Å². The van der Waals surface area contributed by atoms with E-state index in [0.717, 1.165) is 16.8 Å².